The second-order valence-electron chi connectivity index (χ2n) is 7.12. The van der Waals surface area contributed by atoms with Crippen molar-refractivity contribution in [1.29, 1.82) is 0 Å². The van der Waals surface area contributed by atoms with E-state index in [1.54, 1.807) is 24.3 Å². The fourth-order valence-corrected chi connectivity index (χ4v) is 3.85. The van der Waals surface area contributed by atoms with Crippen LogP contribution in [0, 0.1) is 6.92 Å². The lowest BCUT2D eigenvalue weighted by molar-refractivity contribution is 0.144. The number of nitrogens with one attached hydrogen (secondary N) is 1. The highest BCUT2D eigenvalue weighted by Crippen LogP contribution is 2.44. The van der Waals surface area contributed by atoms with Gasteiger partial charge in [-0.25, -0.2) is 4.79 Å². The Bertz CT molecular complexity index is 1010. The number of fused-ring (bicyclic) bond motifs is 3. The molecule has 0 unspecified atom stereocenters. The SMILES string of the molecule is Cc1cccc(O)c1C=CCNC(=O)OCC1c2ccccc2-c2ccccc21. The van der Waals surface area contributed by atoms with Crippen LogP contribution in [-0.4, -0.2) is 24.4 Å². The van der Waals surface area contributed by atoms with Crippen molar-refractivity contribution in [3.8, 4) is 16.9 Å². The molecule has 2 N–H and O–H groups in total. The van der Waals surface area contributed by atoms with Crippen LogP contribution in [0.15, 0.2) is 72.8 Å². The van der Waals surface area contributed by atoms with Gasteiger partial charge in [0.2, 0.25) is 0 Å². The second kappa shape index (κ2) is 8.23. The number of phenolic OH excluding ortho intramolecular Hbond substituents is 1. The number of carbonyl (C=O) groups excluding carboxylic acids is 1. The second-order valence-corrected chi connectivity index (χ2v) is 7.12. The average Bonchev–Trinajstić information content (AvgIpc) is 3.05. The minimum atomic E-state index is -0.453. The van der Waals surface area contributed by atoms with Gasteiger partial charge in [0.05, 0.1) is 0 Å². The van der Waals surface area contributed by atoms with Gasteiger partial charge in [-0.15, -0.1) is 0 Å². The van der Waals surface area contributed by atoms with E-state index in [0.29, 0.717) is 13.2 Å². The van der Waals surface area contributed by atoms with Gasteiger partial charge < -0.3 is 15.2 Å². The van der Waals surface area contributed by atoms with Crippen molar-refractivity contribution in [3.63, 3.8) is 0 Å². The maximum Gasteiger partial charge on any atom is 0.407 e. The molecule has 3 aromatic rings. The molecule has 0 saturated heterocycles. The van der Waals surface area contributed by atoms with Crippen LogP contribution >= 0.6 is 0 Å². The van der Waals surface area contributed by atoms with Gasteiger partial charge in [0.1, 0.15) is 12.4 Å². The molecule has 1 amide bonds. The first kappa shape index (κ1) is 18.8. The van der Waals surface area contributed by atoms with E-state index in [9.17, 15) is 9.90 Å². The Morgan fingerprint density at radius 2 is 1.66 bits per heavy atom. The Balaban J connectivity index is 1.35. The summed E-state index contributed by atoms with van der Waals surface area (Å²) >= 11 is 0. The Labute approximate surface area is 170 Å². The summed E-state index contributed by atoms with van der Waals surface area (Å²) in [6.45, 7) is 2.55. The fourth-order valence-electron chi connectivity index (χ4n) is 3.85. The molecule has 0 radical (unpaired) electrons. The summed E-state index contributed by atoms with van der Waals surface area (Å²) in [4.78, 5) is 12.2. The number of ether oxygens (including phenoxy) is 1. The van der Waals surface area contributed by atoms with E-state index >= 15 is 0 Å². The summed E-state index contributed by atoms with van der Waals surface area (Å²) in [7, 11) is 0. The predicted molar refractivity (Wildman–Crippen MR) is 115 cm³/mol. The standard InChI is InChI=1S/C25H23NO3/c1-17-8-6-14-24(27)18(17)13-7-15-26-25(28)29-16-23-21-11-4-2-9-19(21)20-10-3-5-12-22(20)23/h2-14,23,27H,15-16H2,1H3,(H,26,28). The van der Waals surface area contributed by atoms with Gasteiger partial charge in [0, 0.05) is 18.0 Å². The molecule has 0 atom stereocenters. The molecule has 29 heavy (non-hydrogen) atoms. The fraction of sp³-hybridized carbons (Fsp3) is 0.160. The van der Waals surface area contributed by atoms with Gasteiger partial charge in [0.15, 0.2) is 0 Å². The Morgan fingerprint density at radius 3 is 2.31 bits per heavy atom. The summed E-state index contributed by atoms with van der Waals surface area (Å²) in [6, 6.07) is 21.9. The van der Waals surface area contributed by atoms with Crippen LogP contribution in [0.1, 0.15) is 28.2 Å². The number of alkyl carbamates (subject to hydrolysis) is 1. The maximum atomic E-state index is 12.2. The molecular formula is C25H23NO3. The number of carbonyl (C=O) groups is 1. The molecule has 4 rings (SSSR count). The highest BCUT2D eigenvalue weighted by molar-refractivity contribution is 5.79. The maximum absolute atomic E-state index is 12.2. The zero-order valence-electron chi connectivity index (χ0n) is 16.3. The zero-order valence-corrected chi connectivity index (χ0v) is 16.3. The highest BCUT2D eigenvalue weighted by atomic mass is 16.5. The van der Waals surface area contributed by atoms with Crippen LogP contribution in [-0.2, 0) is 4.74 Å². The van der Waals surface area contributed by atoms with Crippen LogP contribution in [0.4, 0.5) is 4.79 Å². The van der Waals surface area contributed by atoms with Crippen molar-refractivity contribution in [3.05, 3.63) is 95.1 Å². The Hall–Kier alpha value is -3.53. The van der Waals surface area contributed by atoms with Gasteiger partial charge >= 0.3 is 6.09 Å². The van der Waals surface area contributed by atoms with Gasteiger partial charge in [-0.3, -0.25) is 0 Å². The summed E-state index contributed by atoms with van der Waals surface area (Å²) in [5, 5.41) is 12.6. The van der Waals surface area contributed by atoms with Crippen LogP contribution in [0.2, 0.25) is 0 Å². The molecule has 4 nitrogen and oxygen atoms in total. The predicted octanol–water partition coefficient (Wildman–Crippen LogP) is 5.25. The number of benzene rings is 3. The van der Waals surface area contributed by atoms with Crippen molar-refractivity contribution in [2.45, 2.75) is 12.8 Å². The average molecular weight is 385 g/mol. The third-order valence-electron chi connectivity index (χ3n) is 5.29. The van der Waals surface area contributed by atoms with E-state index in [0.717, 1.165) is 11.1 Å². The van der Waals surface area contributed by atoms with E-state index in [2.05, 4.69) is 29.6 Å². The summed E-state index contributed by atoms with van der Waals surface area (Å²) in [5.74, 6) is 0.273. The smallest absolute Gasteiger partial charge is 0.407 e. The molecule has 3 aromatic carbocycles. The molecular weight excluding hydrogens is 362 g/mol. The zero-order chi connectivity index (χ0) is 20.2. The summed E-state index contributed by atoms with van der Waals surface area (Å²) in [5.41, 5.74) is 6.52. The molecule has 1 aliphatic carbocycles. The van der Waals surface area contributed by atoms with E-state index in [1.807, 2.05) is 37.3 Å². The topological polar surface area (TPSA) is 58.6 Å². The molecule has 1 aliphatic rings. The van der Waals surface area contributed by atoms with E-state index in [1.165, 1.54) is 22.3 Å². The number of aromatic hydroxyl groups is 1. The number of amides is 1. The lowest BCUT2D eigenvalue weighted by Crippen LogP contribution is -2.26. The lowest BCUT2D eigenvalue weighted by Gasteiger charge is -2.14. The van der Waals surface area contributed by atoms with Crippen molar-refractivity contribution >= 4 is 12.2 Å². The Morgan fingerprint density at radius 1 is 1.00 bits per heavy atom. The molecule has 0 fully saturated rings. The number of hydrogen-bond donors (Lipinski definition) is 2. The van der Waals surface area contributed by atoms with Crippen molar-refractivity contribution in [2.24, 2.45) is 0 Å². The van der Waals surface area contributed by atoms with Gasteiger partial charge in [-0.1, -0.05) is 72.8 Å². The van der Waals surface area contributed by atoms with E-state index < -0.39 is 6.09 Å². The van der Waals surface area contributed by atoms with E-state index in [4.69, 9.17) is 4.74 Å². The molecule has 146 valence electrons. The highest BCUT2D eigenvalue weighted by Gasteiger charge is 2.28. The van der Waals surface area contributed by atoms with Gasteiger partial charge in [-0.2, -0.15) is 0 Å². The quantitative estimate of drug-likeness (QED) is 0.630. The summed E-state index contributed by atoms with van der Waals surface area (Å²) < 4.78 is 5.51. The Kier molecular flexibility index (Phi) is 5.34. The largest absolute Gasteiger partial charge is 0.507 e. The van der Waals surface area contributed by atoms with Crippen molar-refractivity contribution in [1.82, 2.24) is 5.32 Å². The van der Waals surface area contributed by atoms with Crippen LogP contribution in [0.5, 0.6) is 5.75 Å². The van der Waals surface area contributed by atoms with Crippen LogP contribution in [0.3, 0.4) is 0 Å². The first-order valence-corrected chi connectivity index (χ1v) is 9.69. The van der Waals surface area contributed by atoms with Gasteiger partial charge in [0.25, 0.3) is 0 Å². The normalized spacial score (nSPS) is 12.6. The summed E-state index contributed by atoms with van der Waals surface area (Å²) in [6.07, 6.45) is 3.14. The third-order valence-corrected chi connectivity index (χ3v) is 5.29. The molecule has 0 saturated carbocycles. The van der Waals surface area contributed by atoms with E-state index in [-0.39, 0.29) is 11.7 Å². The van der Waals surface area contributed by atoms with Gasteiger partial charge in [-0.05, 0) is 40.8 Å². The molecule has 0 heterocycles. The molecule has 0 aromatic heterocycles. The number of rotatable bonds is 5. The minimum Gasteiger partial charge on any atom is -0.507 e. The third kappa shape index (κ3) is 3.87. The molecule has 4 heteroatoms. The first-order valence-electron chi connectivity index (χ1n) is 9.69. The number of hydrogen-bond acceptors (Lipinski definition) is 3. The number of aryl methyl sites for hydroxylation is 1. The molecule has 0 bridgehead atoms. The molecule has 0 spiro atoms. The van der Waals surface area contributed by atoms with Crippen LogP contribution < -0.4 is 5.32 Å². The first-order chi connectivity index (χ1) is 14.1. The van der Waals surface area contributed by atoms with Crippen molar-refractivity contribution < 1.29 is 14.6 Å². The molecule has 0 aliphatic heterocycles. The monoisotopic (exact) mass is 385 g/mol. The van der Waals surface area contributed by atoms with Crippen LogP contribution in [0.25, 0.3) is 17.2 Å². The number of phenols is 1. The minimum absolute atomic E-state index is 0.0487. The van der Waals surface area contributed by atoms with Crippen molar-refractivity contribution in [2.75, 3.05) is 13.2 Å². The lowest BCUT2D eigenvalue weighted by atomic mass is 9.98.